The second-order valence-electron chi connectivity index (χ2n) is 5.52. The lowest BCUT2D eigenvalue weighted by atomic mass is 10.2. The van der Waals surface area contributed by atoms with Crippen molar-refractivity contribution in [1.29, 1.82) is 0 Å². The van der Waals surface area contributed by atoms with Gasteiger partial charge in [-0.05, 0) is 24.3 Å². The molecule has 1 aliphatic rings. The summed E-state index contributed by atoms with van der Waals surface area (Å²) in [7, 11) is 3.56. The molecule has 0 radical (unpaired) electrons. The Labute approximate surface area is 175 Å². The number of anilines is 1. The quantitative estimate of drug-likeness (QED) is 0.558. The molecule has 0 saturated carbocycles. The van der Waals surface area contributed by atoms with Gasteiger partial charge in [0.15, 0.2) is 11.5 Å². The average molecular weight is 399 g/mol. The highest BCUT2D eigenvalue weighted by molar-refractivity contribution is 5.87. The largest absolute Gasteiger partial charge is 0.496 e. The van der Waals surface area contributed by atoms with Crippen molar-refractivity contribution in [2.45, 2.75) is 34.1 Å². The number of nitrogens with zero attached hydrogens (tertiary/aromatic N) is 1. The highest BCUT2D eigenvalue weighted by Gasteiger charge is 2.09. The minimum absolute atomic E-state index is 0.736. The molecule has 5 nitrogen and oxygen atoms in total. The summed E-state index contributed by atoms with van der Waals surface area (Å²) in [4.78, 5) is 4.03. The number of rotatable bonds is 2. The van der Waals surface area contributed by atoms with Crippen molar-refractivity contribution in [3.05, 3.63) is 54.9 Å². The molecule has 2 heterocycles. The van der Waals surface area contributed by atoms with E-state index in [1.54, 1.807) is 13.3 Å². The van der Waals surface area contributed by atoms with Crippen molar-refractivity contribution in [2.75, 3.05) is 32.7 Å². The maximum atomic E-state index is 5.53. The number of fused-ring (bicyclic) bond motifs is 2. The molecular formula is C24H34N2O3. The van der Waals surface area contributed by atoms with E-state index >= 15 is 0 Å². The average Bonchev–Trinajstić information content (AvgIpc) is 3.06. The summed E-state index contributed by atoms with van der Waals surface area (Å²) in [5.74, 6) is 2.58. The number of methoxy groups -OCH3 is 1. The summed E-state index contributed by atoms with van der Waals surface area (Å²) < 4.78 is 16.2. The molecule has 1 aromatic heterocycles. The van der Waals surface area contributed by atoms with Gasteiger partial charge in [0, 0.05) is 48.4 Å². The molecule has 0 fully saturated rings. The number of ether oxygens (including phenoxy) is 3. The zero-order chi connectivity index (χ0) is 21.5. The second kappa shape index (κ2) is 14.1. The fourth-order valence-corrected chi connectivity index (χ4v) is 2.59. The summed E-state index contributed by atoms with van der Waals surface area (Å²) >= 11 is 0. The molecule has 0 aliphatic carbocycles. The number of pyridine rings is 1. The summed E-state index contributed by atoms with van der Waals surface area (Å²) in [6.45, 7) is 9.48. The number of nitrogens with one attached hydrogen (secondary N) is 1. The molecular weight excluding hydrogens is 364 g/mol. The maximum absolute atomic E-state index is 5.53. The van der Waals surface area contributed by atoms with E-state index in [1.807, 2.05) is 83.4 Å². The molecule has 1 aliphatic heterocycles. The van der Waals surface area contributed by atoms with E-state index in [4.69, 9.17) is 14.2 Å². The van der Waals surface area contributed by atoms with Gasteiger partial charge in [0.25, 0.3) is 0 Å². The van der Waals surface area contributed by atoms with Crippen LogP contribution in [0.15, 0.2) is 54.9 Å². The summed E-state index contributed by atoms with van der Waals surface area (Å²) in [6.07, 6.45) is 4.55. The smallest absolute Gasteiger partial charge is 0.163 e. The molecule has 29 heavy (non-hydrogen) atoms. The normalized spacial score (nSPS) is 11.2. The Morgan fingerprint density at radius 3 is 2.34 bits per heavy atom. The molecule has 0 saturated heterocycles. The monoisotopic (exact) mass is 398 g/mol. The molecule has 3 aromatic rings. The molecule has 0 unspecified atom stereocenters. The molecule has 5 heteroatoms. The van der Waals surface area contributed by atoms with Crippen molar-refractivity contribution in [2.24, 2.45) is 0 Å². The third-order valence-electron chi connectivity index (χ3n) is 3.90. The van der Waals surface area contributed by atoms with Crippen LogP contribution in [0.3, 0.4) is 0 Å². The van der Waals surface area contributed by atoms with Gasteiger partial charge in [-0.1, -0.05) is 39.8 Å². The summed E-state index contributed by atoms with van der Waals surface area (Å²) in [6, 6.07) is 13.8. The molecule has 1 N–H and O–H groups in total. The molecule has 0 bridgehead atoms. The van der Waals surface area contributed by atoms with E-state index in [1.165, 1.54) is 0 Å². The minimum Gasteiger partial charge on any atom is -0.496 e. The number of aromatic nitrogens is 1. The lowest BCUT2D eigenvalue weighted by molar-refractivity contribution is 0.297. The number of hydrogen-bond donors (Lipinski definition) is 1. The predicted molar refractivity (Wildman–Crippen MR) is 123 cm³/mol. The van der Waals surface area contributed by atoms with Crippen LogP contribution in [0.2, 0.25) is 0 Å². The second-order valence-corrected chi connectivity index (χ2v) is 5.52. The topological polar surface area (TPSA) is 52.6 Å². The van der Waals surface area contributed by atoms with Crippen LogP contribution < -0.4 is 19.5 Å². The van der Waals surface area contributed by atoms with Crippen LogP contribution in [-0.4, -0.2) is 32.4 Å². The van der Waals surface area contributed by atoms with Gasteiger partial charge in [-0.3, -0.25) is 4.98 Å². The Balaban J connectivity index is 0.000000248. The zero-order valence-corrected chi connectivity index (χ0v) is 18.5. The van der Waals surface area contributed by atoms with Crippen molar-refractivity contribution in [1.82, 2.24) is 4.98 Å². The van der Waals surface area contributed by atoms with Crippen LogP contribution >= 0.6 is 0 Å². The number of benzene rings is 2. The van der Waals surface area contributed by atoms with E-state index in [2.05, 4.69) is 10.3 Å². The van der Waals surface area contributed by atoms with Crippen LogP contribution in [0.25, 0.3) is 10.8 Å². The first-order chi connectivity index (χ1) is 14.3. The van der Waals surface area contributed by atoms with E-state index in [0.717, 1.165) is 53.3 Å². The van der Waals surface area contributed by atoms with Crippen LogP contribution in [0.4, 0.5) is 5.69 Å². The van der Waals surface area contributed by atoms with E-state index < -0.39 is 0 Å². The van der Waals surface area contributed by atoms with E-state index in [-0.39, 0.29) is 0 Å². The van der Waals surface area contributed by atoms with E-state index in [0.29, 0.717) is 0 Å². The third-order valence-corrected chi connectivity index (χ3v) is 3.90. The van der Waals surface area contributed by atoms with Crippen LogP contribution in [0, 0.1) is 0 Å². The van der Waals surface area contributed by atoms with Gasteiger partial charge in [0.2, 0.25) is 0 Å². The van der Waals surface area contributed by atoms with Crippen LogP contribution in [0.5, 0.6) is 17.2 Å². The molecule has 0 atom stereocenters. The van der Waals surface area contributed by atoms with Gasteiger partial charge >= 0.3 is 0 Å². The molecule has 0 spiro atoms. The lowest BCUT2D eigenvalue weighted by Gasteiger charge is -2.08. The lowest BCUT2D eigenvalue weighted by Crippen LogP contribution is -1.97. The van der Waals surface area contributed by atoms with E-state index in [9.17, 15) is 0 Å². The summed E-state index contributed by atoms with van der Waals surface area (Å²) in [5.41, 5.74) is 1.05. The fraction of sp³-hybridized carbons (Fsp3) is 0.375. The van der Waals surface area contributed by atoms with Crippen LogP contribution in [-0.2, 0) is 0 Å². The van der Waals surface area contributed by atoms with Gasteiger partial charge in [-0.15, -0.1) is 0 Å². The Bertz CT molecular complexity index is 832. The molecule has 2 aromatic carbocycles. The molecule has 0 amide bonds. The first kappa shape index (κ1) is 24.1. The Kier molecular flexibility index (Phi) is 11.7. The summed E-state index contributed by atoms with van der Waals surface area (Å²) in [5, 5.41) is 5.28. The van der Waals surface area contributed by atoms with Gasteiger partial charge in [0.05, 0.1) is 20.3 Å². The van der Waals surface area contributed by atoms with Gasteiger partial charge in [-0.25, -0.2) is 0 Å². The Morgan fingerprint density at radius 2 is 1.66 bits per heavy atom. The highest BCUT2D eigenvalue weighted by Crippen LogP contribution is 2.31. The maximum Gasteiger partial charge on any atom is 0.163 e. The highest BCUT2D eigenvalue weighted by atomic mass is 16.5. The zero-order valence-electron chi connectivity index (χ0n) is 18.5. The fourth-order valence-electron chi connectivity index (χ4n) is 2.59. The number of hydrogen-bond acceptors (Lipinski definition) is 5. The first-order valence-electron chi connectivity index (χ1n) is 10.3. The van der Waals surface area contributed by atoms with Crippen molar-refractivity contribution in [3.63, 3.8) is 0 Å². The Morgan fingerprint density at radius 1 is 0.931 bits per heavy atom. The third kappa shape index (κ3) is 7.18. The van der Waals surface area contributed by atoms with Crippen molar-refractivity contribution >= 4 is 16.5 Å². The predicted octanol–water partition coefficient (Wildman–Crippen LogP) is 6.19. The molecule has 158 valence electrons. The molecule has 4 rings (SSSR count). The van der Waals surface area contributed by atoms with Crippen molar-refractivity contribution in [3.8, 4) is 17.2 Å². The van der Waals surface area contributed by atoms with Crippen molar-refractivity contribution < 1.29 is 14.2 Å². The first-order valence-corrected chi connectivity index (χ1v) is 10.3. The van der Waals surface area contributed by atoms with Gasteiger partial charge < -0.3 is 19.5 Å². The van der Waals surface area contributed by atoms with Gasteiger partial charge in [-0.2, -0.15) is 0 Å². The standard InChI is InChI=1S/C10H13NO2.C10H9NO.2C2H6/c1-11-8-3-4-9-10(7-8)13-6-2-5-12-9;1-12-10-4-2-3-8-7-11-6-5-9(8)10;2*1-2/h3-4,7,11H,2,5-6H2,1H3;2-7H,1H3;2*1-2H3. The minimum atomic E-state index is 0.736. The SMILES string of the molecule is CC.CC.CNc1ccc2c(c1)OCCCO2.COc1cccc2cnccc12. The van der Waals surface area contributed by atoms with Crippen LogP contribution in [0.1, 0.15) is 34.1 Å². The Hall–Kier alpha value is -2.95. The van der Waals surface area contributed by atoms with Gasteiger partial charge in [0.1, 0.15) is 5.75 Å².